The van der Waals surface area contributed by atoms with Crippen LogP contribution in [0.4, 0.5) is 19.0 Å². The van der Waals surface area contributed by atoms with Crippen LogP contribution in [0.3, 0.4) is 0 Å². The van der Waals surface area contributed by atoms with Gasteiger partial charge in [0.05, 0.1) is 17.6 Å². The standard InChI is InChI=1S/C38H36F3N7O2/c1-3-23-28(39)7-4-19-10-22(49)11-24(29(19)23)30-33(41)35-31(27-14-46(2)45-34(27)30)36(48-12-20-5-6-21(13-48)42-20)44-37(43-35)50-18-38(8-9-38)17-47-15-25-26(16-47)32(25)40/h1,4,7,10-11,14,20-21,25-26,32,42,49H,5-6,8-9,12-13,15-18H2,2H3/t20?,21?,25-,26+,32?. The zero-order chi connectivity index (χ0) is 34.1. The van der Waals surface area contributed by atoms with E-state index in [1.165, 1.54) is 24.3 Å². The van der Waals surface area contributed by atoms with E-state index in [1.807, 2.05) is 6.20 Å². The topological polar surface area (TPSA) is 91.6 Å². The van der Waals surface area contributed by atoms with Gasteiger partial charge in [-0.15, -0.1) is 6.42 Å². The summed E-state index contributed by atoms with van der Waals surface area (Å²) in [6, 6.07) is 6.31. The molecule has 50 heavy (non-hydrogen) atoms. The predicted octanol–water partition coefficient (Wildman–Crippen LogP) is 5.30. The molecule has 2 bridgehead atoms. The van der Waals surface area contributed by atoms with E-state index in [1.54, 1.807) is 11.7 Å². The first-order chi connectivity index (χ1) is 24.2. The third kappa shape index (κ3) is 4.66. The fourth-order valence-electron chi connectivity index (χ4n) is 9.07. The lowest BCUT2D eigenvalue weighted by atomic mass is 9.91. The number of nitrogens with one attached hydrogen (secondary N) is 1. The van der Waals surface area contributed by atoms with Crippen molar-refractivity contribution in [3.05, 3.63) is 47.7 Å². The van der Waals surface area contributed by atoms with Crippen LogP contribution in [0.25, 0.3) is 43.7 Å². The molecule has 5 fully saturated rings. The molecule has 2 aliphatic carbocycles. The van der Waals surface area contributed by atoms with E-state index < -0.39 is 17.8 Å². The smallest absolute Gasteiger partial charge is 0.319 e. The Morgan fingerprint density at radius 2 is 1.80 bits per heavy atom. The highest BCUT2D eigenvalue weighted by Gasteiger charge is 2.58. The number of aryl methyl sites for hydroxylation is 1. The number of likely N-dealkylation sites (tertiary alicyclic amines) is 1. The molecule has 12 heteroatoms. The van der Waals surface area contributed by atoms with E-state index in [0.29, 0.717) is 52.6 Å². The number of fused-ring (bicyclic) bond motifs is 7. The number of aromatic nitrogens is 4. The number of alkyl halides is 1. The average Bonchev–Trinajstić information content (AvgIpc) is 3.76. The lowest BCUT2D eigenvalue weighted by Gasteiger charge is -2.34. The Balaban J connectivity index is 1.14. The summed E-state index contributed by atoms with van der Waals surface area (Å²) in [6.45, 7) is 4.19. The van der Waals surface area contributed by atoms with Crippen LogP contribution in [0, 0.1) is 41.2 Å². The maximum Gasteiger partial charge on any atom is 0.319 e. The number of phenolic OH excluding ortho intramolecular Hbond substituents is 1. The van der Waals surface area contributed by atoms with Gasteiger partial charge in [0.1, 0.15) is 34.6 Å². The number of benzene rings is 3. The second-order valence-corrected chi connectivity index (χ2v) is 15.3. The van der Waals surface area contributed by atoms with E-state index in [2.05, 4.69) is 21.0 Å². The molecule has 0 amide bonds. The number of ether oxygens (including phenoxy) is 1. The SMILES string of the molecule is C#Cc1c(F)ccc2cc(O)cc(-c3c(F)c4nc(OCC5(CN6C[C@@H]7C(F)[C@@H]7C6)CC5)nc(N5CC6CCC(C5)N6)c4c4cn(C)nc34)c12. The Bertz CT molecular complexity index is 2270. The molecule has 0 spiro atoms. The number of piperidine rings is 1. The summed E-state index contributed by atoms with van der Waals surface area (Å²) in [5, 5.41) is 21.1. The molecule has 2 aromatic heterocycles. The second kappa shape index (κ2) is 10.7. The molecule has 3 aromatic carbocycles. The van der Waals surface area contributed by atoms with Crippen LogP contribution in [0.5, 0.6) is 11.8 Å². The molecule has 256 valence electrons. The van der Waals surface area contributed by atoms with Crippen molar-refractivity contribution in [1.29, 1.82) is 0 Å². The second-order valence-electron chi connectivity index (χ2n) is 15.3. The lowest BCUT2D eigenvalue weighted by Crippen LogP contribution is -2.51. The quantitative estimate of drug-likeness (QED) is 0.224. The van der Waals surface area contributed by atoms with Crippen molar-refractivity contribution >= 4 is 38.4 Å². The third-order valence-electron chi connectivity index (χ3n) is 11.8. The molecule has 9 nitrogen and oxygen atoms in total. The minimum atomic E-state index is -0.685. The van der Waals surface area contributed by atoms with Crippen molar-refractivity contribution in [3.8, 4) is 35.2 Å². The maximum atomic E-state index is 17.5. The molecular formula is C38H36F3N7O2. The Morgan fingerprint density at radius 3 is 2.52 bits per heavy atom. The van der Waals surface area contributed by atoms with Gasteiger partial charge in [-0.2, -0.15) is 15.1 Å². The van der Waals surface area contributed by atoms with E-state index in [0.717, 1.165) is 45.3 Å². The number of aromatic hydroxyl groups is 1. The normalized spacial score (nSPS) is 26.5. The fraction of sp³-hybridized carbons (Fsp3) is 0.447. The van der Waals surface area contributed by atoms with Gasteiger partial charge < -0.3 is 25.0 Å². The van der Waals surface area contributed by atoms with Gasteiger partial charge >= 0.3 is 6.01 Å². The van der Waals surface area contributed by atoms with Crippen LogP contribution < -0.4 is 15.0 Å². The van der Waals surface area contributed by atoms with Crippen molar-refractivity contribution in [2.24, 2.45) is 24.3 Å². The highest BCUT2D eigenvalue weighted by Crippen LogP contribution is 2.52. The number of rotatable bonds is 7. The molecule has 5 aliphatic rings. The summed E-state index contributed by atoms with van der Waals surface area (Å²) in [5.74, 6) is 1.94. The number of hydrogen-bond acceptors (Lipinski definition) is 8. The van der Waals surface area contributed by atoms with Gasteiger partial charge in [-0.05, 0) is 54.8 Å². The minimum absolute atomic E-state index is 0.0307. The van der Waals surface area contributed by atoms with Crippen molar-refractivity contribution in [2.45, 2.75) is 43.9 Å². The van der Waals surface area contributed by atoms with Crippen LogP contribution >= 0.6 is 0 Å². The van der Waals surface area contributed by atoms with E-state index in [-0.39, 0.29) is 63.3 Å². The van der Waals surface area contributed by atoms with Crippen molar-refractivity contribution in [3.63, 3.8) is 0 Å². The van der Waals surface area contributed by atoms with Gasteiger partial charge in [-0.3, -0.25) is 4.68 Å². The molecule has 5 aromatic rings. The third-order valence-corrected chi connectivity index (χ3v) is 11.8. The zero-order valence-corrected chi connectivity index (χ0v) is 27.6. The number of terminal acetylenes is 1. The monoisotopic (exact) mass is 679 g/mol. The average molecular weight is 680 g/mol. The number of halogens is 3. The summed E-state index contributed by atoms with van der Waals surface area (Å²) in [5.41, 5.74) is 0.558. The van der Waals surface area contributed by atoms with Gasteiger partial charge in [0.15, 0.2) is 5.82 Å². The Hall–Kier alpha value is -4.60. The number of anilines is 1. The van der Waals surface area contributed by atoms with Gasteiger partial charge in [-0.25, -0.2) is 13.2 Å². The molecule has 0 radical (unpaired) electrons. The van der Waals surface area contributed by atoms with Crippen LogP contribution in [-0.4, -0.2) is 87.3 Å². The fourth-order valence-corrected chi connectivity index (χ4v) is 9.07. The summed E-state index contributed by atoms with van der Waals surface area (Å²) in [6.07, 6.45) is 11.1. The molecule has 3 saturated heterocycles. The van der Waals surface area contributed by atoms with Gasteiger partial charge in [-0.1, -0.05) is 12.0 Å². The summed E-state index contributed by atoms with van der Waals surface area (Å²) < 4.78 is 54.5. The molecule has 2 N–H and O–H groups in total. The Kier molecular flexibility index (Phi) is 6.47. The first-order valence-electron chi connectivity index (χ1n) is 17.5. The first-order valence-corrected chi connectivity index (χ1v) is 17.5. The number of hydrogen-bond donors (Lipinski definition) is 2. The van der Waals surface area contributed by atoms with E-state index >= 15 is 8.78 Å². The largest absolute Gasteiger partial charge is 0.508 e. The maximum absolute atomic E-state index is 17.5. The van der Waals surface area contributed by atoms with Crippen LogP contribution in [0.1, 0.15) is 31.2 Å². The molecule has 2 saturated carbocycles. The van der Waals surface area contributed by atoms with Gasteiger partial charge in [0.25, 0.3) is 0 Å². The van der Waals surface area contributed by atoms with Gasteiger partial charge in [0, 0.05) is 91.6 Å². The minimum Gasteiger partial charge on any atom is -0.508 e. The number of phenols is 1. The van der Waals surface area contributed by atoms with Gasteiger partial charge in [0.2, 0.25) is 0 Å². The molecule has 10 rings (SSSR count). The Morgan fingerprint density at radius 1 is 1.04 bits per heavy atom. The van der Waals surface area contributed by atoms with E-state index in [4.69, 9.17) is 26.2 Å². The molecular weight excluding hydrogens is 643 g/mol. The van der Waals surface area contributed by atoms with Crippen LogP contribution in [-0.2, 0) is 7.05 Å². The molecule has 5 atom stereocenters. The Labute approximate surface area is 286 Å². The first kappa shape index (κ1) is 30.2. The summed E-state index contributed by atoms with van der Waals surface area (Å²) in [4.78, 5) is 14.3. The summed E-state index contributed by atoms with van der Waals surface area (Å²) >= 11 is 0. The molecule has 3 unspecified atom stereocenters. The van der Waals surface area contributed by atoms with Crippen LogP contribution in [0.2, 0.25) is 0 Å². The lowest BCUT2D eigenvalue weighted by molar-refractivity contribution is 0.155. The number of piperazine rings is 1. The zero-order valence-electron chi connectivity index (χ0n) is 27.6. The number of nitrogens with zero attached hydrogens (tertiary/aromatic N) is 6. The van der Waals surface area contributed by atoms with Crippen molar-refractivity contribution in [2.75, 3.05) is 44.2 Å². The highest BCUT2D eigenvalue weighted by atomic mass is 19.1. The highest BCUT2D eigenvalue weighted by molar-refractivity contribution is 6.18. The van der Waals surface area contributed by atoms with E-state index in [9.17, 15) is 9.50 Å². The van der Waals surface area contributed by atoms with Crippen LogP contribution in [0.15, 0.2) is 30.5 Å². The van der Waals surface area contributed by atoms with Crippen molar-refractivity contribution in [1.82, 2.24) is 30.0 Å². The molecule has 3 aliphatic heterocycles. The summed E-state index contributed by atoms with van der Waals surface area (Å²) in [7, 11) is 1.76. The van der Waals surface area contributed by atoms with Crippen molar-refractivity contribution < 1.29 is 23.0 Å². The predicted molar refractivity (Wildman–Crippen MR) is 184 cm³/mol. The molecule has 5 heterocycles.